The molecule has 0 aliphatic carbocycles. The third-order valence-corrected chi connectivity index (χ3v) is 15.4. The van der Waals surface area contributed by atoms with Crippen molar-refractivity contribution in [3.05, 3.63) is 29.8 Å². The van der Waals surface area contributed by atoms with Gasteiger partial charge in [-0.2, -0.15) is 17.6 Å². The predicted molar refractivity (Wildman–Crippen MR) is 123 cm³/mol. The van der Waals surface area contributed by atoms with Gasteiger partial charge < -0.3 is 9.47 Å². The normalized spacial score (nSPS) is 15.7. The van der Waals surface area contributed by atoms with E-state index in [2.05, 4.69) is 4.74 Å². The minimum atomic E-state index is -7.29. The van der Waals surface area contributed by atoms with Crippen molar-refractivity contribution in [3.8, 4) is 5.75 Å². The number of hydrogen-bond acceptors (Lipinski definition) is 10. The number of ether oxygens (including phenoxy) is 2. The number of sulfone groups is 3. The highest BCUT2D eigenvalue weighted by molar-refractivity contribution is 8.26. The number of para-hydroxylation sites is 1. The molecule has 1 aromatic rings. The monoisotopic (exact) mass is 598 g/mol. The molecule has 0 bridgehead atoms. The summed E-state index contributed by atoms with van der Waals surface area (Å²) in [5.41, 5.74) is -0.664. The van der Waals surface area contributed by atoms with Gasteiger partial charge in [-0.05, 0) is 53.7 Å². The molecular weight excluding hydrogens is 572 g/mol. The highest BCUT2D eigenvalue weighted by Gasteiger charge is 2.80. The minimum Gasteiger partial charge on any atom is -0.459 e. The number of rotatable bonds is 9. The molecule has 0 spiro atoms. The fourth-order valence-electron chi connectivity index (χ4n) is 2.79. The topological polar surface area (TPSA) is 155 Å². The minimum absolute atomic E-state index is 0.0447. The molecule has 17 heteroatoms. The Kier molecular flexibility index (Phi) is 8.67. The van der Waals surface area contributed by atoms with Gasteiger partial charge in [0.05, 0.1) is 10.9 Å². The summed E-state index contributed by atoms with van der Waals surface area (Å²) in [5, 5.41) is -6.62. The van der Waals surface area contributed by atoms with Gasteiger partial charge in [0.25, 0.3) is 13.2 Å². The summed E-state index contributed by atoms with van der Waals surface area (Å²) in [6.45, 7) is 4.94. The molecule has 0 fully saturated rings. The smallest absolute Gasteiger partial charge is 0.421 e. The lowest BCUT2D eigenvalue weighted by Gasteiger charge is -2.37. The lowest BCUT2D eigenvalue weighted by Crippen LogP contribution is -2.65. The van der Waals surface area contributed by atoms with Gasteiger partial charge in [0.15, 0.2) is 19.7 Å². The number of carbonyl (C=O) groups excluding carboxylic acids is 2. The fraction of sp³-hybridized carbons (Fsp3) is 0.600. The van der Waals surface area contributed by atoms with E-state index in [1.165, 1.54) is 19.9 Å². The molecule has 0 aromatic heterocycles. The van der Waals surface area contributed by atoms with E-state index in [1.54, 1.807) is 0 Å². The average Bonchev–Trinajstić information content (AvgIpc) is 2.70. The summed E-state index contributed by atoms with van der Waals surface area (Å²) >= 11 is 0. The van der Waals surface area contributed by atoms with Crippen LogP contribution in [0.15, 0.2) is 24.3 Å². The van der Waals surface area contributed by atoms with E-state index >= 15 is 8.78 Å². The maximum atomic E-state index is 15.0. The molecule has 1 rings (SSSR count). The molecule has 0 saturated heterocycles. The number of halogens is 4. The van der Waals surface area contributed by atoms with E-state index in [-0.39, 0.29) is 13.2 Å². The number of esters is 2. The zero-order valence-electron chi connectivity index (χ0n) is 20.7. The molecule has 0 aliphatic rings. The Morgan fingerprint density at radius 2 is 1.30 bits per heavy atom. The third-order valence-electron chi connectivity index (χ3n) is 5.07. The van der Waals surface area contributed by atoms with Crippen LogP contribution in [0.4, 0.5) is 17.6 Å². The zero-order chi connectivity index (χ0) is 29.6. The van der Waals surface area contributed by atoms with Crippen LogP contribution in [0.5, 0.6) is 5.75 Å². The van der Waals surface area contributed by atoms with Crippen molar-refractivity contribution in [3.63, 3.8) is 0 Å². The Balaban J connectivity index is 3.75. The maximum Gasteiger partial charge on any atom is 0.421 e. The number of carbonyl (C=O) groups is 2. The van der Waals surface area contributed by atoms with Crippen molar-refractivity contribution in [1.29, 1.82) is 0 Å². The lowest BCUT2D eigenvalue weighted by molar-refractivity contribution is -0.195. The van der Waals surface area contributed by atoms with Gasteiger partial charge in [-0.15, -0.1) is 0 Å². The number of alkyl halides is 4. The van der Waals surface area contributed by atoms with Crippen LogP contribution in [0.2, 0.25) is 0 Å². The summed E-state index contributed by atoms with van der Waals surface area (Å²) in [7, 11) is -18.6. The maximum absolute atomic E-state index is 15.0. The molecule has 37 heavy (non-hydrogen) atoms. The van der Waals surface area contributed by atoms with E-state index in [4.69, 9.17) is 4.74 Å². The first-order valence-corrected chi connectivity index (χ1v) is 15.0. The first kappa shape index (κ1) is 32.8. The molecule has 10 nitrogen and oxygen atoms in total. The second-order valence-electron chi connectivity index (χ2n) is 9.18. The van der Waals surface area contributed by atoms with Gasteiger partial charge in [-0.25, -0.2) is 34.8 Å². The quantitative estimate of drug-likeness (QED) is 0.235. The van der Waals surface area contributed by atoms with Crippen molar-refractivity contribution < 1.29 is 61.9 Å². The first-order valence-electron chi connectivity index (χ1n) is 10.2. The first-order chi connectivity index (χ1) is 16.2. The predicted octanol–water partition coefficient (Wildman–Crippen LogP) is 2.73. The van der Waals surface area contributed by atoms with Gasteiger partial charge in [0.1, 0.15) is 11.3 Å². The van der Waals surface area contributed by atoms with Crippen LogP contribution in [0.25, 0.3) is 0 Å². The summed E-state index contributed by atoms with van der Waals surface area (Å²) in [6.07, 6.45) is -0.776. The highest BCUT2D eigenvalue weighted by Crippen LogP contribution is 2.50. The van der Waals surface area contributed by atoms with Crippen LogP contribution in [0, 0.1) is 0 Å². The van der Waals surface area contributed by atoms with Gasteiger partial charge >= 0.3 is 23.1 Å². The van der Waals surface area contributed by atoms with Gasteiger partial charge in [0.2, 0.25) is 0 Å². The lowest BCUT2D eigenvalue weighted by atomic mass is 10.2. The number of benzene rings is 1. The Hall–Kier alpha value is -2.27. The molecule has 0 N–H and O–H groups in total. The molecule has 1 atom stereocenters. The Morgan fingerprint density at radius 3 is 1.70 bits per heavy atom. The van der Waals surface area contributed by atoms with Crippen LogP contribution in [-0.4, -0.2) is 68.9 Å². The van der Waals surface area contributed by atoms with E-state index in [0.717, 1.165) is 39.0 Å². The van der Waals surface area contributed by atoms with Crippen LogP contribution < -0.4 is 4.74 Å². The molecule has 212 valence electrons. The largest absolute Gasteiger partial charge is 0.459 e. The molecule has 0 aliphatic heterocycles. The van der Waals surface area contributed by atoms with E-state index < -0.39 is 78.2 Å². The van der Waals surface area contributed by atoms with Crippen molar-refractivity contribution >= 4 is 41.5 Å². The van der Waals surface area contributed by atoms with Crippen LogP contribution in [-0.2, 0) is 39.0 Å². The molecule has 0 radical (unpaired) electrons. The zero-order valence-corrected chi connectivity index (χ0v) is 23.2. The van der Waals surface area contributed by atoms with Gasteiger partial charge in [-0.1, -0.05) is 12.1 Å². The van der Waals surface area contributed by atoms with Crippen molar-refractivity contribution in [2.24, 2.45) is 0 Å². The van der Waals surface area contributed by atoms with Gasteiger partial charge in [0, 0.05) is 6.26 Å². The molecular formula is C20H26F4O10S3. The Labute approximate surface area is 212 Å². The fourth-order valence-corrected chi connectivity index (χ4v) is 11.3. The van der Waals surface area contributed by atoms with E-state index in [1.807, 2.05) is 0 Å². The van der Waals surface area contributed by atoms with E-state index in [0.29, 0.717) is 0 Å². The standard InChI is InChI=1S/C20H26F4O10S3/c1-12(2)33-15(25)13-10-8-9-11-14(13)34-16(26)19(21,22)20(23,24)37(31,32)18(6,35(7,27)28)36(29,30)17(3,4)5/h8-12H,1-7H3. The third kappa shape index (κ3) is 5.21. The Morgan fingerprint density at radius 1 is 0.838 bits per heavy atom. The highest BCUT2D eigenvalue weighted by atomic mass is 32.3. The van der Waals surface area contributed by atoms with Crippen molar-refractivity contribution in [2.45, 2.75) is 67.0 Å². The van der Waals surface area contributed by atoms with Crippen molar-refractivity contribution in [1.82, 2.24) is 0 Å². The van der Waals surface area contributed by atoms with Crippen LogP contribution in [0.1, 0.15) is 51.9 Å². The number of hydrogen-bond donors (Lipinski definition) is 0. The Bertz CT molecular complexity index is 1390. The summed E-state index contributed by atoms with van der Waals surface area (Å²) < 4.78 is 138. The van der Waals surface area contributed by atoms with Crippen LogP contribution in [0.3, 0.4) is 0 Å². The van der Waals surface area contributed by atoms with Crippen molar-refractivity contribution in [2.75, 3.05) is 6.26 Å². The summed E-state index contributed by atoms with van der Waals surface area (Å²) in [6, 6.07) is 3.90. The second-order valence-corrected chi connectivity index (χ2v) is 17.7. The molecule has 0 saturated carbocycles. The van der Waals surface area contributed by atoms with E-state index in [9.17, 15) is 43.6 Å². The molecule has 0 amide bonds. The van der Waals surface area contributed by atoms with Crippen LogP contribution >= 0.6 is 0 Å². The summed E-state index contributed by atoms with van der Waals surface area (Å²) in [4.78, 5) is 24.3. The molecule has 1 aromatic carbocycles. The van der Waals surface area contributed by atoms with Gasteiger partial charge in [-0.3, -0.25) is 0 Å². The summed E-state index contributed by atoms with van der Waals surface area (Å²) in [5.74, 6) is -11.8. The second kappa shape index (κ2) is 9.80. The molecule has 0 heterocycles. The SMILES string of the molecule is CC(C)OC(=O)c1ccccc1OC(=O)C(F)(F)C(F)(F)S(=O)(=O)C(C)(S(C)(=O)=O)S(=O)(=O)C(C)(C)C. The molecule has 1 unspecified atom stereocenters. The average molecular weight is 599 g/mol.